The largest absolute Gasteiger partial charge is 0.445 e. The molecule has 7 heteroatoms. The maximum Gasteiger partial charge on any atom is 0.408 e. The summed E-state index contributed by atoms with van der Waals surface area (Å²) < 4.78 is 32.3. The molecular weight excluding hydrogens is 442 g/mol. The fourth-order valence-electron chi connectivity index (χ4n) is 2.60. The van der Waals surface area contributed by atoms with E-state index < -0.39 is 21.3 Å². The highest BCUT2D eigenvalue weighted by molar-refractivity contribution is 9.10. The molecule has 5 nitrogen and oxygen atoms in total. The molecule has 3 aromatic carbocycles. The van der Waals surface area contributed by atoms with Gasteiger partial charge in [0.05, 0.1) is 4.90 Å². The lowest BCUT2D eigenvalue weighted by molar-refractivity contribution is 0.138. The van der Waals surface area contributed by atoms with Crippen molar-refractivity contribution in [1.29, 1.82) is 0 Å². The summed E-state index contributed by atoms with van der Waals surface area (Å²) in [6, 6.07) is 23.9. The van der Waals surface area contributed by atoms with Crippen LogP contribution in [0.3, 0.4) is 0 Å². The van der Waals surface area contributed by atoms with Gasteiger partial charge in [0.1, 0.15) is 6.61 Å². The van der Waals surface area contributed by atoms with Crippen LogP contribution in [-0.4, -0.2) is 14.5 Å². The summed E-state index contributed by atoms with van der Waals surface area (Å²) in [5.74, 6) is 0. The smallest absolute Gasteiger partial charge is 0.408 e. The van der Waals surface area contributed by atoms with Crippen molar-refractivity contribution >= 4 is 31.9 Å². The summed E-state index contributed by atoms with van der Waals surface area (Å²) >= 11 is 3.33. The zero-order valence-electron chi connectivity index (χ0n) is 14.8. The number of nitrogens with one attached hydrogen (secondary N) is 1. The number of carbonyl (C=O) groups excluding carboxylic acids is 1. The monoisotopic (exact) mass is 459 g/mol. The molecule has 0 bridgehead atoms. The van der Waals surface area contributed by atoms with E-state index in [0.29, 0.717) is 5.56 Å². The maximum absolute atomic E-state index is 13.1. The van der Waals surface area contributed by atoms with Gasteiger partial charge in [-0.15, -0.1) is 0 Å². The van der Waals surface area contributed by atoms with Crippen LogP contribution in [0.2, 0.25) is 0 Å². The first-order valence-electron chi connectivity index (χ1n) is 8.48. The van der Waals surface area contributed by atoms with Crippen LogP contribution in [0.25, 0.3) is 0 Å². The molecule has 0 aliphatic rings. The Morgan fingerprint density at radius 3 is 2.07 bits per heavy atom. The Labute approximate surface area is 172 Å². The Hall–Kier alpha value is -2.64. The molecular formula is C21H18BrNO4S. The fourth-order valence-corrected chi connectivity index (χ4v) is 4.44. The van der Waals surface area contributed by atoms with E-state index in [2.05, 4.69) is 21.2 Å². The van der Waals surface area contributed by atoms with Gasteiger partial charge >= 0.3 is 6.09 Å². The lowest BCUT2D eigenvalue weighted by Gasteiger charge is -2.20. The minimum Gasteiger partial charge on any atom is -0.445 e. The van der Waals surface area contributed by atoms with Crippen LogP contribution >= 0.6 is 15.9 Å². The number of ether oxygens (including phenoxy) is 1. The number of hydrogen-bond donors (Lipinski definition) is 1. The van der Waals surface area contributed by atoms with E-state index in [1.54, 1.807) is 42.5 Å². The van der Waals surface area contributed by atoms with Crippen molar-refractivity contribution in [2.75, 3.05) is 0 Å². The van der Waals surface area contributed by atoms with Gasteiger partial charge in [0.25, 0.3) is 0 Å². The van der Waals surface area contributed by atoms with Gasteiger partial charge in [-0.1, -0.05) is 76.6 Å². The van der Waals surface area contributed by atoms with Gasteiger partial charge in [-0.2, -0.15) is 0 Å². The van der Waals surface area contributed by atoms with Crippen LogP contribution in [0, 0.1) is 0 Å². The fraction of sp³-hybridized carbons (Fsp3) is 0.0952. The first-order valence-corrected chi connectivity index (χ1v) is 10.8. The minimum absolute atomic E-state index is 0.0467. The normalized spacial score (nSPS) is 12.2. The average Bonchev–Trinajstić information content (AvgIpc) is 2.72. The zero-order chi connectivity index (χ0) is 20.0. The van der Waals surface area contributed by atoms with Gasteiger partial charge < -0.3 is 10.1 Å². The molecule has 1 unspecified atom stereocenters. The highest BCUT2D eigenvalue weighted by Gasteiger charge is 2.31. The Morgan fingerprint density at radius 2 is 1.46 bits per heavy atom. The molecule has 0 saturated heterocycles. The number of halogens is 1. The van der Waals surface area contributed by atoms with E-state index in [4.69, 9.17) is 4.74 Å². The molecule has 0 radical (unpaired) electrons. The summed E-state index contributed by atoms with van der Waals surface area (Å²) in [4.78, 5) is 12.5. The highest BCUT2D eigenvalue weighted by atomic mass is 79.9. The SMILES string of the molecule is O=C(NC(c1ccc(Br)cc1)S(=O)(=O)c1ccccc1)OCc1ccccc1. The van der Waals surface area contributed by atoms with Crippen LogP contribution < -0.4 is 5.32 Å². The summed E-state index contributed by atoms with van der Waals surface area (Å²) in [5.41, 5.74) is 1.24. The van der Waals surface area contributed by atoms with E-state index in [0.717, 1.165) is 10.0 Å². The molecule has 0 aliphatic heterocycles. The molecule has 3 aromatic rings. The molecule has 1 amide bonds. The summed E-state index contributed by atoms with van der Waals surface area (Å²) in [6.45, 7) is 0.0467. The number of carbonyl (C=O) groups is 1. The predicted molar refractivity (Wildman–Crippen MR) is 110 cm³/mol. The topological polar surface area (TPSA) is 72.5 Å². The summed E-state index contributed by atoms with van der Waals surface area (Å²) in [5, 5.41) is 1.23. The Balaban J connectivity index is 1.84. The molecule has 1 N–H and O–H groups in total. The number of rotatable bonds is 6. The van der Waals surface area contributed by atoms with E-state index in [1.165, 1.54) is 12.1 Å². The van der Waals surface area contributed by atoms with Gasteiger partial charge in [0.15, 0.2) is 5.37 Å². The van der Waals surface area contributed by atoms with Crippen molar-refractivity contribution in [3.8, 4) is 0 Å². The number of hydrogen-bond acceptors (Lipinski definition) is 4. The van der Waals surface area contributed by atoms with Gasteiger partial charge in [0.2, 0.25) is 9.84 Å². The van der Waals surface area contributed by atoms with Crippen LogP contribution in [0.15, 0.2) is 94.3 Å². The first-order chi connectivity index (χ1) is 13.5. The molecule has 0 aliphatic carbocycles. The standard InChI is InChI=1S/C21H18BrNO4S/c22-18-13-11-17(12-14-18)20(28(25,26)19-9-5-2-6-10-19)23-21(24)27-15-16-7-3-1-4-8-16/h1-14,20H,15H2,(H,23,24). The van der Waals surface area contributed by atoms with Crippen LogP contribution in [0.5, 0.6) is 0 Å². The zero-order valence-corrected chi connectivity index (χ0v) is 17.2. The lowest BCUT2D eigenvalue weighted by Crippen LogP contribution is -2.34. The van der Waals surface area contributed by atoms with Crippen molar-refractivity contribution in [3.05, 3.63) is 101 Å². The van der Waals surface area contributed by atoms with E-state index >= 15 is 0 Å². The van der Waals surface area contributed by atoms with Gasteiger partial charge in [0, 0.05) is 4.47 Å². The molecule has 0 heterocycles. The molecule has 0 aromatic heterocycles. The quantitative estimate of drug-likeness (QED) is 0.571. The van der Waals surface area contributed by atoms with Gasteiger partial charge in [-0.05, 0) is 35.4 Å². The third-order valence-electron chi connectivity index (χ3n) is 4.02. The van der Waals surface area contributed by atoms with Crippen molar-refractivity contribution < 1.29 is 17.9 Å². The Morgan fingerprint density at radius 1 is 0.893 bits per heavy atom. The van der Waals surface area contributed by atoms with Crippen molar-refractivity contribution in [3.63, 3.8) is 0 Å². The van der Waals surface area contributed by atoms with Crippen LogP contribution in [0.4, 0.5) is 4.79 Å². The molecule has 144 valence electrons. The van der Waals surface area contributed by atoms with E-state index in [1.807, 2.05) is 30.3 Å². The second-order valence-corrected chi connectivity index (χ2v) is 8.94. The molecule has 0 saturated carbocycles. The molecule has 1 atom stereocenters. The number of amides is 1. The third kappa shape index (κ3) is 4.99. The molecule has 0 spiro atoms. The second kappa shape index (κ2) is 9.03. The lowest BCUT2D eigenvalue weighted by atomic mass is 10.2. The first kappa shape index (κ1) is 20.1. The minimum atomic E-state index is -3.87. The summed E-state index contributed by atoms with van der Waals surface area (Å²) in [7, 11) is -3.87. The van der Waals surface area contributed by atoms with E-state index in [9.17, 15) is 13.2 Å². The van der Waals surface area contributed by atoms with Crippen molar-refractivity contribution in [1.82, 2.24) is 5.32 Å². The number of sulfone groups is 1. The Bertz CT molecular complexity index is 1020. The van der Waals surface area contributed by atoms with Crippen molar-refractivity contribution in [2.45, 2.75) is 16.9 Å². The molecule has 0 fully saturated rings. The second-order valence-electron chi connectivity index (χ2n) is 6.00. The molecule has 28 heavy (non-hydrogen) atoms. The highest BCUT2D eigenvalue weighted by Crippen LogP contribution is 2.28. The van der Waals surface area contributed by atoms with Crippen molar-refractivity contribution in [2.24, 2.45) is 0 Å². The summed E-state index contributed by atoms with van der Waals surface area (Å²) in [6.07, 6.45) is -0.809. The maximum atomic E-state index is 13.1. The molecule has 3 rings (SSSR count). The van der Waals surface area contributed by atoms with Gasteiger partial charge in [-0.3, -0.25) is 0 Å². The van der Waals surface area contributed by atoms with Crippen LogP contribution in [-0.2, 0) is 21.2 Å². The Kier molecular flexibility index (Phi) is 6.49. The number of alkyl carbamates (subject to hydrolysis) is 1. The average molecular weight is 460 g/mol. The predicted octanol–water partition coefficient (Wildman–Crippen LogP) is 4.85. The van der Waals surface area contributed by atoms with Crippen LogP contribution in [0.1, 0.15) is 16.5 Å². The van der Waals surface area contributed by atoms with Gasteiger partial charge in [-0.25, -0.2) is 13.2 Å². The third-order valence-corrected chi connectivity index (χ3v) is 6.49. The van der Waals surface area contributed by atoms with E-state index in [-0.39, 0.29) is 11.5 Å². The number of benzene rings is 3.